The number of rotatable bonds is 4. The maximum atomic E-state index is 13.4. The van der Waals surface area contributed by atoms with Crippen molar-refractivity contribution in [3.8, 4) is 5.75 Å². The zero-order valence-electron chi connectivity index (χ0n) is 10.4. The first kappa shape index (κ1) is 13.5. The second-order valence-corrected chi connectivity index (χ2v) is 4.24. The minimum atomic E-state index is -0.687. The Hall–Kier alpha value is -1.94. The van der Waals surface area contributed by atoms with Crippen LogP contribution in [0.3, 0.4) is 0 Å². The Morgan fingerprint density at radius 2 is 1.89 bits per heavy atom. The smallest absolute Gasteiger partial charge is 0.130 e. The Morgan fingerprint density at radius 3 is 2.63 bits per heavy atom. The van der Waals surface area contributed by atoms with Crippen molar-refractivity contribution in [3.05, 3.63) is 65.2 Å². The molecule has 2 rings (SSSR count). The van der Waals surface area contributed by atoms with Gasteiger partial charge in [0.1, 0.15) is 24.0 Å². The Bertz CT molecular complexity index is 568. The normalized spacial score (nSPS) is 12.2. The summed E-state index contributed by atoms with van der Waals surface area (Å²) >= 11 is 0. The molecule has 0 bridgehead atoms. The molecule has 100 valence electrons. The van der Waals surface area contributed by atoms with Crippen LogP contribution in [0, 0.1) is 11.6 Å². The van der Waals surface area contributed by atoms with Crippen LogP contribution < -0.4 is 4.74 Å². The number of benzene rings is 2. The van der Waals surface area contributed by atoms with Crippen molar-refractivity contribution in [3.63, 3.8) is 0 Å². The Balaban J connectivity index is 2.17. The zero-order chi connectivity index (χ0) is 13.8. The van der Waals surface area contributed by atoms with E-state index in [1.54, 1.807) is 31.2 Å². The van der Waals surface area contributed by atoms with Gasteiger partial charge in [0.25, 0.3) is 0 Å². The van der Waals surface area contributed by atoms with Gasteiger partial charge in [0, 0.05) is 11.1 Å². The highest BCUT2D eigenvalue weighted by molar-refractivity contribution is 5.35. The Kier molecular flexibility index (Phi) is 4.12. The number of hydrogen-bond donors (Lipinski definition) is 1. The molecule has 0 aromatic heterocycles. The Labute approximate surface area is 110 Å². The highest BCUT2D eigenvalue weighted by Gasteiger charge is 2.10. The highest BCUT2D eigenvalue weighted by atomic mass is 19.1. The first-order valence-corrected chi connectivity index (χ1v) is 5.91. The lowest BCUT2D eigenvalue weighted by Gasteiger charge is -2.13. The van der Waals surface area contributed by atoms with E-state index in [-0.39, 0.29) is 12.2 Å². The SMILES string of the molecule is CC(O)c1ccccc1OCc1cc(F)ccc1F. The number of hydrogen-bond acceptors (Lipinski definition) is 2. The van der Waals surface area contributed by atoms with Gasteiger partial charge in [0.05, 0.1) is 6.10 Å². The lowest BCUT2D eigenvalue weighted by molar-refractivity contribution is 0.190. The maximum Gasteiger partial charge on any atom is 0.130 e. The van der Waals surface area contributed by atoms with Crippen LogP contribution in [0.25, 0.3) is 0 Å². The van der Waals surface area contributed by atoms with E-state index in [1.165, 1.54) is 0 Å². The van der Waals surface area contributed by atoms with Crippen LogP contribution in [0.2, 0.25) is 0 Å². The summed E-state index contributed by atoms with van der Waals surface area (Å²) in [5, 5.41) is 9.59. The third-order valence-electron chi connectivity index (χ3n) is 2.76. The molecule has 0 heterocycles. The van der Waals surface area contributed by atoms with E-state index < -0.39 is 17.7 Å². The standard InChI is InChI=1S/C15H14F2O2/c1-10(18)13-4-2-3-5-15(13)19-9-11-8-12(16)6-7-14(11)17/h2-8,10,18H,9H2,1H3. The first-order valence-electron chi connectivity index (χ1n) is 5.91. The minimum Gasteiger partial charge on any atom is -0.488 e. The van der Waals surface area contributed by atoms with Gasteiger partial charge in [-0.15, -0.1) is 0 Å². The van der Waals surface area contributed by atoms with Crippen molar-refractivity contribution in [1.82, 2.24) is 0 Å². The van der Waals surface area contributed by atoms with Crippen molar-refractivity contribution >= 4 is 0 Å². The third-order valence-corrected chi connectivity index (χ3v) is 2.76. The number of aliphatic hydroxyl groups excluding tert-OH is 1. The molecule has 4 heteroatoms. The topological polar surface area (TPSA) is 29.5 Å². The predicted molar refractivity (Wildman–Crippen MR) is 67.8 cm³/mol. The molecule has 0 aliphatic carbocycles. The van der Waals surface area contributed by atoms with Crippen LogP contribution in [-0.2, 0) is 6.61 Å². The average molecular weight is 264 g/mol. The molecule has 2 aromatic rings. The number of ether oxygens (including phenoxy) is 1. The summed E-state index contributed by atoms with van der Waals surface area (Å²) < 4.78 is 31.9. The molecule has 0 aliphatic rings. The van der Waals surface area contributed by atoms with Gasteiger partial charge >= 0.3 is 0 Å². The van der Waals surface area contributed by atoms with E-state index in [9.17, 15) is 13.9 Å². The molecule has 19 heavy (non-hydrogen) atoms. The monoisotopic (exact) mass is 264 g/mol. The zero-order valence-corrected chi connectivity index (χ0v) is 10.4. The van der Waals surface area contributed by atoms with Gasteiger partial charge < -0.3 is 9.84 Å². The number of aliphatic hydroxyl groups is 1. The minimum absolute atomic E-state index is 0.0900. The molecule has 0 saturated heterocycles. The van der Waals surface area contributed by atoms with Crippen molar-refractivity contribution in [2.45, 2.75) is 19.6 Å². The molecule has 1 N–H and O–H groups in total. The van der Waals surface area contributed by atoms with Gasteiger partial charge in [0.2, 0.25) is 0 Å². The van der Waals surface area contributed by atoms with E-state index >= 15 is 0 Å². The van der Waals surface area contributed by atoms with E-state index in [1.807, 2.05) is 0 Å². The third kappa shape index (κ3) is 3.29. The van der Waals surface area contributed by atoms with E-state index in [0.717, 1.165) is 18.2 Å². The fourth-order valence-corrected chi connectivity index (χ4v) is 1.77. The van der Waals surface area contributed by atoms with Crippen LogP contribution in [0.5, 0.6) is 5.75 Å². The van der Waals surface area contributed by atoms with Crippen molar-refractivity contribution < 1.29 is 18.6 Å². The fraction of sp³-hybridized carbons (Fsp3) is 0.200. The van der Waals surface area contributed by atoms with Crippen molar-refractivity contribution in [2.75, 3.05) is 0 Å². The summed E-state index contributed by atoms with van der Waals surface area (Å²) in [7, 11) is 0. The molecule has 1 atom stereocenters. The van der Waals surface area contributed by atoms with Gasteiger partial charge in [0.15, 0.2) is 0 Å². The summed E-state index contributed by atoms with van der Waals surface area (Å²) in [5.41, 5.74) is 0.750. The molecule has 2 nitrogen and oxygen atoms in total. The summed E-state index contributed by atoms with van der Waals surface area (Å²) in [6.07, 6.45) is -0.687. The van der Waals surface area contributed by atoms with Crippen LogP contribution in [0.1, 0.15) is 24.2 Å². The van der Waals surface area contributed by atoms with Gasteiger partial charge in [-0.1, -0.05) is 18.2 Å². The first-order chi connectivity index (χ1) is 9.08. The quantitative estimate of drug-likeness (QED) is 0.914. The molecule has 0 radical (unpaired) electrons. The summed E-state index contributed by atoms with van der Waals surface area (Å²) in [4.78, 5) is 0. The molecule has 0 saturated carbocycles. The van der Waals surface area contributed by atoms with Gasteiger partial charge in [-0.05, 0) is 31.2 Å². The van der Waals surface area contributed by atoms with E-state index in [2.05, 4.69) is 0 Å². The molecule has 0 fully saturated rings. The summed E-state index contributed by atoms with van der Waals surface area (Å²) in [5.74, 6) is -0.569. The maximum absolute atomic E-state index is 13.4. The molecule has 0 aliphatic heterocycles. The lowest BCUT2D eigenvalue weighted by Crippen LogP contribution is -2.02. The number of halogens is 2. The molecule has 2 aromatic carbocycles. The largest absolute Gasteiger partial charge is 0.488 e. The Morgan fingerprint density at radius 1 is 1.16 bits per heavy atom. The van der Waals surface area contributed by atoms with Crippen LogP contribution in [0.4, 0.5) is 8.78 Å². The van der Waals surface area contributed by atoms with Crippen LogP contribution in [-0.4, -0.2) is 5.11 Å². The second kappa shape index (κ2) is 5.80. The van der Waals surface area contributed by atoms with Gasteiger partial charge in [-0.2, -0.15) is 0 Å². The molecular formula is C15H14F2O2. The van der Waals surface area contributed by atoms with Crippen LogP contribution in [0.15, 0.2) is 42.5 Å². The fourth-order valence-electron chi connectivity index (χ4n) is 1.77. The summed E-state index contributed by atoms with van der Waals surface area (Å²) in [6.45, 7) is 1.53. The molecule has 0 spiro atoms. The molecule has 1 unspecified atom stereocenters. The second-order valence-electron chi connectivity index (χ2n) is 4.24. The van der Waals surface area contributed by atoms with Crippen molar-refractivity contribution in [2.24, 2.45) is 0 Å². The van der Waals surface area contributed by atoms with Gasteiger partial charge in [-0.3, -0.25) is 0 Å². The summed E-state index contributed by atoms with van der Waals surface area (Å²) in [6, 6.07) is 10.2. The van der Waals surface area contributed by atoms with Crippen molar-refractivity contribution in [1.29, 1.82) is 0 Å². The van der Waals surface area contributed by atoms with Gasteiger partial charge in [-0.25, -0.2) is 8.78 Å². The lowest BCUT2D eigenvalue weighted by atomic mass is 10.1. The molecule has 0 amide bonds. The number of para-hydroxylation sites is 1. The average Bonchev–Trinajstić information content (AvgIpc) is 2.40. The molecular weight excluding hydrogens is 250 g/mol. The highest BCUT2D eigenvalue weighted by Crippen LogP contribution is 2.25. The van der Waals surface area contributed by atoms with Crippen LogP contribution >= 0.6 is 0 Å². The predicted octanol–water partition coefficient (Wildman–Crippen LogP) is 3.60. The van der Waals surface area contributed by atoms with E-state index in [0.29, 0.717) is 11.3 Å². The van der Waals surface area contributed by atoms with E-state index in [4.69, 9.17) is 4.74 Å².